The highest BCUT2D eigenvalue weighted by atomic mass is 79.9. The van der Waals surface area contributed by atoms with Gasteiger partial charge in [-0.05, 0) is 38.2 Å². The number of hydrogen-bond acceptors (Lipinski definition) is 2. The molecule has 2 aromatic carbocycles. The lowest BCUT2D eigenvalue weighted by Gasteiger charge is -2.17. The van der Waals surface area contributed by atoms with Crippen LogP contribution in [0.1, 0.15) is 18.5 Å². The first-order valence-corrected chi connectivity index (χ1v) is 7.66. The van der Waals surface area contributed by atoms with E-state index in [2.05, 4.69) is 28.2 Å². The molecule has 1 atom stereocenters. The maximum Gasteiger partial charge on any atom is 0.147 e. The van der Waals surface area contributed by atoms with E-state index in [4.69, 9.17) is 27.9 Å². The molecular formula is C15H14BrCl2NO. The van der Waals surface area contributed by atoms with Crippen LogP contribution in [0.2, 0.25) is 10.0 Å². The number of nitrogens with one attached hydrogen (secondary N) is 1. The molecule has 20 heavy (non-hydrogen) atoms. The molecular weight excluding hydrogens is 361 g/mol. The van der Waals surface area contributed by atoms with E-state index in [1.807, 2.05) is 31.3 Å². The molecule has 0 radical (unpaired) electrons. The second-order valence-corrected chi connectivity index (χ2v) is 6.05. The van der Waals surface area contributed by atoms with Gasteiger partial charge in [-0.15, -0.1) is 0 Å². The Bertz CT molecular complexity index is 619. The van der Waals surface area contributed by atoms with Crippen molar-refractivity contribution in [3.8, 4) is 11.5 Å². The molecule has 2 nitrogen and oxygen atoms in total. The average Bonchev–Trinajstić information content (AvgIpc) is 2.43. The molecule has 1 unspecified atom stereocenters. The van der Waals surface area contributed by atoms with Crippen molar-refractivity contribution in [2.24, 2.45) is 0 Å². The molecule has 0 bridgehead atoms. The van der Waals surface area contributed by atoms with Gasteiger partial charge in [-0.2, -0.15) is 0 Å². The molecule has 0 aliphatic rings. The first kappa shape index (κ1) is 15.6. The molecule has 0 spiro atoms. The van der Waals surface area contributed by atoms with Crippen molar-refractivity contribution in [2.45, 2.75) is 13.0 Å². The smallest absolute Gasteiger partial charge is 0.147 e. The summed E-state index contributed by atoms with van der Waals surface area (Å²) >= 11 is 15.6. The summed E-state index contributed by atoms with van der Waals surface area (Å²) in [6.07, 6.45) is 0. The molecule has 2 rings (SSSR count). The van der Waals surface area contributed by atoms with Gasteiger partial charge in [0.15, 0.2) is 0 Å². The normalized spacial score (nSPS) is 12.2. The van der Waals surface area contributed by atoms with Gasteiger partial charge < -0.3 is 10.1 Å². The highest BCUT2D eigenvalue weighted by Crippen LogP contribution is 2.38. The molecule has 0 fully saturated rings. The molecule has 0 aliphatic heterocycles. The van der Waals surface area contributed by atoms with Crippen LogP contribution in [0.15, 0.2) is 40.9 Å². The summed E-state index contributed by atoms with van der Waals surface area (Å²) in [5.74, 6) is 1.28. The van der Waals surface area contributed by atoms with Gasteiger partial charge in [0.2, 0.25) is 0 Å². The van der Waals surface area contributed by atoms with E-state index < -0.39 is 0 Å². The molecule has 0 aliphatic carbocycles. The predicted octanol–water partition coefficient (Wildman–Crippen LogP) is 5.83. The van der Waals surface area contributed by atoms with E-state index in [9.17, 15) is 0 Å². The molecule has 1 N–H and O–H groups in total. The summed E-state index contributed by atoms with van der Waals surface area (Å²) in [4.78, 5) is 0. The maximum atomic E-state index is 6.16. The highest BCUT2D eigenvalue weighted by Gasteiger charge is 2.13. The third-order valence-electron chi connectivity index (χ3n) is 3.01. The van der Waals surface area contributed by atoms with Gasteiger partial charge in [-0.3, -0.25) is 0 Å². The predicted molar refractivity (Wildman–Crippen MR) is 88.2 cm³/mol. The Balaban J connectivity index is 2.42. The van der Waals surface area contributed by atoms with Crippen molar-refractivity contribution in [3.63, 3.8) is 0 Å². The van der Waals surface area contributed by atoms with Crippen LogP contribution >= 0.6 is 39.1 Å². The Morgan fingerprint density at radius 1 is 1.15 bits per heavy atom. The first-order chi connectivity index (χ1) is 9.52. The fraction of sp³-hybridized carbons (Fsp3) is 0.200. The number of ether oxygens (including phenoxy) is 1. The number of benzene rings is 2. The minimum absolute atomic E-state index is 0.163. The van der Waals surface area contributed by atoms with Crippen LogP contribution in [0.5, 0.6) is 11.5 Å². The molecule has 0 saturated carbocycles. The summed E-state index contributed by atoms with van der Waals surface area (Å²) in [6.45, 7) is 2.07. The van der Waals surface area contributed by atoms with E-state index in [0.29, 0.717) is 15.8 Å². The SMILES string of the molecule is CNC(C)c1ccc(Br)cc1Oc1cccc(Cl)c1Cl. The van der Waals surface area contributed by atoms with Crippen LogP contribution in [0.4, 0.5) is 0 Å². The Morgan fingerprint density at radius 2 is 1.90 bits per heavy atom. The zero-order valence-corrected chi connectivity index (χ0v) is 14.2. The third-order valence-corrected chi connectivity index (χ3v) is 4.31. The molecule has 0 saturated heterocycles. The minimum atomic E-state index is 0.163. The fourth-order valence-corrected chi connectivity index (χ4v) is 2.46. The summed E-state index contributed by atoms with van der Waals surface area (Å²) in [6, 6.07) is 11.4. The molecule has 5 heteroatoms. The fourth-order valence-electron chi connectivity index (χ4n) is 1.79. The van der Waals surface area contributed by atoms with Crippen molar-refractivity contribution in [3.05, 3.63) is 56.5 Å². The number of rotatable bonds is 4. The quantitative estimate of drug-likeness (QED) is 0.726. The van der Waals surface area contributed by atoms with Crippen molar-refractivity contribution >= 4 is 39.1 Å². The molecule has 0 heterocycles. The summed E-state index contributed by atoms with van der Waals surface area (Å²) in [5, 5.41) is 4.09. The van der Waals surface area contributed by atoms with Gasteiger partial charge in [0.1, 0.15) is 16.5 Å². The minimum Gasteiger partial charge on any atom is -0.455 e. The van der Waals surface area contributed by atoms with Crippen molar-refractivity contribution < 1.29 is 4.74 Å². The van der Waals surface area contributed by atoms with Gasteiger partial charge in [0, 0.05) is 16.1 Å². The van der Waals surface area contributed by atoms with Crippen LogP contribution in [-0.4, -0.2) is 7.05 Å². The number of hydrogen-bond donors (Lipinski definition) is 1. The summed E-state index contributed by atoms with van der Waals surface area (Å²) in [7, 11) is 1.91. The summed E-state index contributed by atoms with van der Waals surface area (Å²) < 4.78 is 6.88. The van der Waals surface area contributed by atoms with Gasteiger partial charge in [-0.1, -0.05) is 51.3 Å². The molecule has 0 amide bonds. The Kier molecular flexibility index (Phi) is 5.33. The lowest BCUT2D eigenvalue weighted by atomic mass is 10.1. The first-order valence-electron chi connectivity index (χ1n) is 6.11. The van der Waals surface area contributed by atoms with Crippen LogP contribution < -0.4 is 10.1 Å². The second-order valence-electron chi connectivity index (χ2n) is 4.35. The Morgan fingerprint density at radius 3 is 2.60 bits per heavy atom. The van der Waals surface area contributed by atoms with Crippen LogP contribution in [0.25, 0.3) is 0 Å². The Labute approximate surface area is 137 Å². The van der Waals surface area contributed by atoms with Gasteiger partial charge in [0.05, 0.1) is 5.02 Å². The van der Waals surface area contributed by atoms with Crippen LogP contribution in [-0.2, 0) is 0 Å². The van der Waals surface area contributed by atoms with Crippen LogP contribution in [0, 0.1) is 0 Å². The maximum absolute atomic E-state index is 6.16. The van der Waals surface area contributed by atoms with E-state index in [-0.39, 0.29) is 6.04 Å². The largest absolute Gasteiger partial charge is 0.455 e. The van der Waals surface area contributed by atoms with Crippen molar-refractivity contribution in [1.29, 1.82) is 0 Å². The lowest BCUT2D eigenvalue weighted by Crippen LogP contribution is -2.13. The van der Waals surface area contributed by atoms with Gasteiger partial charge in [-0.25, -0.2) is 0 Å². The van der Waals surface area contributed by atoms with E-state index in [1.165, 1.54) is 0 Å². The van der Waals surface area contributed by atoms with Crippen molar-refractivity contribution in [1.82, 2.24) is 5.32 Å². The number of halogens is 3. The topological polar surface area (TPSA) is 21.3 Å². The van der Waals surface area contributed by atoms with E-state index >= 15 is 0 Å². The average molecular weight is 375 g/mol. The van der Waals surface area contributed by atoms with Crippen LogP contribution in [0.3, 0.4) is 0 Å². The van der Waals surface area contributed by atoms with Crippen molar-refractivity contribution in [2.75, 3.05) is 7.05 Å². The zero-order valence-electron chi connectivity index (χ0n) is 11.1. The van der Waals surface area contributed by atoms with Gasteiger partial charge >= 0.3 is 0 Å². The summed E-state index contributed by atoms with van der Waals surface area (Å²) in [5.41, 5.74) is 1.05. The second kappa shape index (κ2) is 6.81. The standard InChI is InChI=1S/C15H14BrCl2NO/c1-9(19-2)11-7-6-10(16)8-14(11)20-13-5-3-4-12(17)15(13)18/h3-9,19H,1-2H3. The molecule has 106 valence electrons. The monoisotopic (exact) mass is 373 g/mol. The lowest BCUT2D eigenvalue weighted by molar-refractivity contribution is 0.466. The van der Waals surface area contributed by atoms with E-state index in [1.54, 1.807) is 12.1 Å². The third kappa shape index (κ3) is 3.47. The van der Waals surface area contributed by atoms with Gasteiger partial charge in [0.25, 0.3) is 0 Å². The molecule has 0 aromatic heterocycles. The zero-order chi connectivity index (χ0) is 14.7. The Hall–Kier alpha value is -0.740. The highest BCUT2D eigenvalue weighted by molar-refractivity contribution is 9.10. The van der Waals surface area contributed by atoms with E-state index in [0.717, 1.165) is 15.8 Å². The molecule has 2 aromatic rings.